The smallest absolute Gasteiger partial charge is 0.271 e. The van der Waals surface area contributed by atoms with E-state index in [0.29, 0.717) is 28.4 Å². The number of benzene rings is 2. The monoisotopic (exact) mass is 518 g/mol. The maximum Gasteiger partial charge on any atom is 0.271 e. The van der Waals surface area contributed by atoms with Gasteiger partial charge in [0, 0.05) is 17.2 Å². The highest BCUT2D eigenvalue weighted by Crippen LogP contribution is 2.31. The van der Waals surface area contributed by atoms with Crippen LogP contribution < -0.4 is 19.6 Å². The zero-order valence-corrected chi connectivity index (χ0v) is 17.5. The van der Waals surface area contributed by atoms with Gasteiger partial charge in [-0.2, -0.15) is 5.10 Å². The largest absolute Gasteiger partial charge is 0.496 e. The van der Waals surface area contributed by atoms with Gasteiger partial charge in [0.05, 0.1) is 35.6 Å². The minimum atomic E-state index is -0.316. The Bertz CT molecular complexity index is 811. The Morgan fingerprint density at radius 3 is 2.36 bits per heavy atom. The molecule has 1 N–H and O–H groups in total. The SMILES string of the molecule is COc1cc(OC)c(/C=N/NC(=O)c2ccc(OC)c(I)c2)cc1Br. The second-order valence-corrected chi connectivity index (χ2v) is 6.79. The molecule has 0 aromatic heterocycles. The van der Waals surface area contributed by atoms with E-state index in [9.17, 15) is 4.79 Å². The first kappa shape index (κ1) is 19.5. The predicted octanol–water partition coefficient (Wildman–Crippen LogP) is 3.84. The van der Waals surface area contributed by atoms with Crippen LogP contribution in [0.25, 0.3) is 0 Å². The van der Waals surface area contributed by atoms with Crippen LogP contribution in [0.2, 0.25) is 0 Å². The van der Waals surface area contributed by atoms with E-state index >= 15 is 0 Å². The molecule has 0 aliphatic carbocycles. The van der Waals surface area contributed by atoms with Crippen LogP contribution in [0.3, 0.4) is 0 Å². The maximum atomic E-state index is 12.2. The molecule has 0 saturated carbocycles. The summed E-state index contributed by atoms with van der Waals surface area (Å²) < 4.78 is 17.3. The fraction of sp³-hybridized carbons (Fsp3) is 0.176. The van der Waals surface area contributed by atoms with E-state index in [2.05, 4.69) is 49.0 Å². The molecule has 0 saturated heterocycles. The van der Waals surface area contributed by atoms with Gasteiger partial charge >= 0.3 is 0 Å². The lowest BCUT2D eigenvalue weighted by Crippen LogP contribution is -2.17. The summed E-state index contributed by atoms with van der Waals surface area (Å²) in [5, 5.41) is 4.00. The predicted molar refractivity (Wildman–Crippen MR) is 108 cm³/mol. The summed E-state index contributed by atoms with van der Waals surface area (Å²) in [7, 11) is 4.71. The average molecular weight is 519 g/mol. The zero-order valence-electron chi connectivity index (χ0n) is 13.8. The van der Waals surface area contributed by atoms with Crippen molar-refractivity contribution in [1.29, 1.82) is 0 Å². The third kappa shape index (κ3) is 4.85. The van der Waals surface area contributed by atoms with Crippen LogP contribution in [0.1, 0.15) is 15.9 Å². The first-order valence-corrected chi connectivity index (χ1v) is 8.95. The number of nitrogens with zero attached hydrogens (tertiary/aromatic N) is 1. The summed E-state index contributed by atoms with van der Waals surface area (Å²) in [6.45, 7) is 0. The van der Waals surface area contributed by atoms with Gasteiger partial charge < -0.3 is 14.2 Å². The summed E-state index contributed by atoms with van der Waals surface area (Å²) >= 11 is 5.52. The standard InChI is InChI=1S/C17H16BrIN2O4/c1-23-14-5-4-10(7-13(14)19)17(22)21-20-9-11-6-12(18)16(25-3)8-15(11)24-2/h4-9H,1-3H3,(H,21,22)/b20-9+. The Kier molecular flexibility index (Phi) is 7.06. The Morgan fingerprint density at radius 1 is 1.08 bits per heavy atom. The number of hydrazone groups is 1. The van der Waals surface area contributed by atoms with E-state index in [1.807, 2.05) is 0 Å². The number of halogens is 2. The van der Waals surface area contributed by atoms with Crippen LogP contribution in [0.4, 0.5) is 0 Å². The van der Waals surface area contributed by atoms with Gasteiger partial charge in [-0.15, -0.1) is 0 Å². The van der Waals surface area contributed by atoms with Crippen molar-refractivity contribution < 1.29 is 19.0 Å². The normalized spacial score (nSPS) is 10.6. The molecule has 8 heteroatoms. The average Bonchev–Trinajstić information content (AvgIpc) is 2.61. The number of nitrogens with one attached hydrogen (secondary N) is 1. The fourth-order valence-corrected chi connectivity index (χ4v) is 3.28. The Morgan fingerprint density at radius 2 is 1.76 bits per heavy atom. The van der Waals surface area contributed by atoms with Crippen LogP contribution in [-0.4, -0.2) is 33.5 Å². The number of carbonyl (C=O) groups excluding carboxylic acids is 1. The van der Waals surface area contributed by atoms with Crippen molar-refractivity contribution in [2.24, 2.45) is 5.10 Å². The van der Waals surface area contributed by atoms with E-state index < -0.39 is 0 Å². The van der Waals surface area contributed by atoms with Crippen LogP contribution >= 0.6 is 38.5 Å². The van der Waals surface area contributed by atoms with Crippen LogP contribution in [0.5, 0.6) is 17.2 Å². The number of hydrogen-bond acceptors (Lipinski definition) is 5. The first-order chi connectivity index (χ1) is 12.0. The highest BCUT2D eigenvalue weighted by atomic mass is 127. The molecule has 0 bridgehead atoms. The fourth-order valence-electron chi connectivity index (χ4n) is 2.02. The van der Waals surface area contributed by atoms with Crippen molar-refractivity contribution in [1.82, 2.24) is 5.43 Å². The van der Waals surface area contributed by atoms with E-state index in [1.165, 1.54) is 6.21 Å². The van der Waals surface area contributed by atoms with Crippen molar-refractivity contribution in [2.45, 2.75) is 0 Å². The van der Waals surface area contributed by atoms with E-state index in [4.69, 9.17) is 14.2 Å². The van der Waals surface area contributed by atoms with Crippen molar-refractivity contribution in [2.75, 3.05) is 21.3 Å². The van der Waals surface area contributed by atoms with Gasteiger partial charge in [0.1, 0.15) is 17.2 Å². The molecule has 25 heavy (non-hydrogen) atoms. The van der Waals surface area contributed by atoms with E-state index in [0.717, 1.165) is 8.04 Å². The molecule has 2 rings (SSSR count). The summed E-state index contributed by atoms with van der Waals surface area (Å²) in [4.78, 5) is 12.2. The molecule has 0 aliphatic rings. The van der Waals surface area contributed by atoms with Gasteiger partial charge in [0.25, 0.3) is 5.91 Å². The Labute approximate surface area is 167 Å². The van der Waals surface area contributed by atoms with Crippen LogP contribution in [-0.2, 0) is 0 Å². The molecule has 0 spiro atoms. The molecule has 6 nitrogen and oxygen atoms in total. The van der Waals surface area contributed by atoms with E-state index in [1.54, 1.807) is 51.7 Å². The maximum absolute atomic E-state index is 12.2. The third-order valence-electron chi connectivity index (χ3n) is 3.29. The molecule has 0 heterocycles. The lowest BCUT2D eigenvalue weighted by atomic mass is 10.2. The molecule has 0 unspecified atom stereocenters. The lowest BCUT2D eigenvalue weighted by Gasteiger charge is -2.09. The molecule has 2 aromatic carbocycles. The first-order valence-electron chi connectivity index (χ1n) is 7.08. The zero-order chi connectivity index (χ0) is 18.4. The van der Waals surface area contributed by atoms with Crippen molar-refractivity contribution in [3.63, 3.8) is 0 Å². The number of rotatable bonds is 6. The summed E-state index contributed by atoms with van der Waals surface area (Å²) in [6.07, 6.45) is 1.51. The second-order valence-electron chi connectivity index (χ2n) is 4.78. The van der Waals surface area contributed by atoms with Crippen molar-refractivity contribution in [3.05, 3.63) is 49.5 Å². The number of amides is 1. The molecule has 0 atom stereocenters. The van der Waals surface area contributed by atoms with Gasteiger partial charge in [0.15, 0.2) is 0 Å². The topological polar surface area (TPSA) is 69.2 Å². The molecule has 132 valence electrons. The van der Waals surface area contributed by atoms with Gasteiger partial charge in [-0.25, -0.2) is 5.43 Å². The van der Waals surface area contributed by atoms with Gasteiger partial charge in [-0.3, -0.25) is 4.79 Å². The summed E-state index contributed by atoms with van der Waals surface area (Å²) in [5.74, 6) is 1.62. The van der Waals surface area contributed by atoms with Gasteiger partial charge in [-0.1, -0.05) is 0 Å². The molecule has 0 aliphatic heterocycles. The number of hydrogen-bond donors (Lipinski definition) is 1. The minimum Gasteiger partial charge on any atom is -0.496 e. The second kappa shape index (κ2) is 9.04. The molecular weight excluding hydrogens is 503 g/mol. The third-order valence-corrected chi connectivity index (χ3v) is 4.75. The highest BCUT2D eigenvalue weighted by Gasteiger charge is 2.10. The summed E-state index contributed by atoms with van der Waals surface area (Å²) in [5.41, 5.74) is 3.68. The van der Waals surface area contributed by atoms with E-state index in [-0.39, 0.29) is 5.91 Å². The Balaban J connectivity index is 2.14. The number of carbonyl (C=O) groups is 1. The number of ether oxygens (including phenoxy) is 3. The minimum absolute atomic E-state index is 0.316. The molecule has 0 fully saturated rings. The van der Waals surface area contributed by atoms with Gasteiger partial charge in [0.2, 0.25) is 0 Å². The summed E-state index contributed by atoms with van der Waals surface area (Å²) in [6, 6.07) is 8.68. The van der Waals surface area contributed by atoms with Crippen LogP contribution in [0.15, 0.2) is 39.9 Å². The van der Waals surface area contributed by atoms with Crippen molar-refractivity contribution >= 4 is 50.6 Å². The molecule has 2 aromatic rings. The lowest BCUT2D eigenvalue weighted by molar-refractivity contribution is 0.0955. The van der Waals surface area contributed by atoms with Crippen molar-refractivity contribution in [3.8, 4) is 17.2 Å². The molecule has 1 amide bonds. The molecular formula is C17H16BrIN2O4. The molecule has 0 radical (unpaired) electrons. The van der Waals surface area contributed by atoms with Gasteiger partial charge in [-0.05, 0) is 62.8 Å². The quantitative estimate of drug-likeness (QED) is 0.358. The van der Waals surface area contributed by atoms with Crippen LogP contribution in [0, 0.1) is 3.57 Å². The highest BCUT2D eigenvalue weighted by molar-refractivity contribution is 14.1. The Hall–Kier alpha value is -1.81. The number of methoxy groups -OCH3 is 3.